The molecule has 8 bridgehead atoms. The van der Waals surface area contributed by atoms with Gasteiger partial charge in [-0.05, 0) is 24.3 Å². The highest BCUT2D eigenvalue weighted by molar-refractivity contribution is 5.97. The molecule has 176 valence electrons. The van der Waals surface area contributed by atoms with E-state index in [0.29, 0.717) is 23.6 Å². The fourth-order valence-electron chi connectivity index (χ4n) is 4.44. The second-order valence-corrected chi connectivity index (χ2v) is 8.68. The van der Waals surface area contributed by atoms with Gasteiger partial charge >= 0.3 is 0 Å². The minimum absolute atomic E-state index is 0.581. The molecule has 2 aromatic heterocycles. The minimum Gasteiger partial charge on any atom is -0.321 e. The third kappa shape index (κ3) is 3.27. The molecule has 2 aromatic carbocycles. The van der Waals surface area contributed by atoms with Crippen molar-refractivity contribution >= 4 is 34.9 Å². The summed E-state index contributed by atoms with van der Waals surface area (Å²) in [4.78, 5) is 23.3. The van der Waals surface area contributed by atoms with Crippen LogP contribution in [0.5, 0.6) is 0 Å². The van der Waals surface area contributed by atoms with Crippen LogP contribution in [-0.4, -0.2) is 54.9 Å². The van der Waals surface area contributed by atoms with Gasteiger partial charge in [-0.25, -0.2) is 9.97 Å². The molecule has 3 aliphatic heterocycles. The Kier molecular flexibility index (Phi) is 4.34. The standard InChI is InChI=1S/C26H22N10/c1-33-13-19-23-30-22(16-35(23)17-9-5-3-6-10-17)32-26-28-20(14-34(26)2)24-29-21(31-25(33)27-19)15-36(24)18-11-7-4-8-12-18/h3-16H,1-2H3,(H,27,31)(H,28,32). The largest absolute Gasteiger partial charge is 0.321 e. The molecule has 0 saturated carbocycles. The summed E-state index contributed by atoms with van der Waals surface area (Å²) in [5.41, 5.74) is 3.61. The van der Waals surface area contributed by atoms with Crippen molar-refractivity contribution in [1.29, 1.82) is 0 Å². The first-order chi connectivity index (χ1) is 17.6. The number of aliphatic imine (C=N–C) groups is 2. The van der Waals surface area contributed by atoms with Crippen LogP contribution in [0.4, 0.5) is 11.6 Å². The van der Waals surface area contributed by atoms with E-state index in [1.807, 2.05) is 118 Å². The van der Waals surface area contributed by atoms with Gasteiger partial charge in [0.05, 0.1) is 12.4 Å². The fraction of sp³-hybridized carbons (Fsp3) is 0.0769. The zero-order valence-corrected chi connectivity index (χ0v) is 19.7. The van der Waals surface area contributed by atoms with Crippen LogP contribution in [0.3, 0.4) is 0 Å². The SMILES string of the molecule is CN1C=C2NC1=Nc1cn(-c3ccccc3)c(n1)C1=CN(C)C(=Nc3cn(-c4ccccc4)c2n3)N1. The van der Waals surface area contributed by atoms with Crippen LogP contribution >= 0.6 is 0 Å². The number of guanidine groups is 2. The molecule has 0 radical (unpaired) electrons. The van der Waals surface area contributed by atoms with Gasteiger partial charge in [0.1, 0.15) is 11.4 Å². The van der Waals surface area contributed by atoms with E-state index in [1.54, 1.807) is 0 Å². The summed E-state index contributed by atoms with van der Waals surface area (Å²) in [5.74, 6) is 3.95. The molecule has 10 nitrogen and oxygen atoms in total. The van der Waals surface area contributed by atoms with Crippen molar-refractivity contribution in [3.63, 3.8) is 0 Å². The summed E-state index contributed by atoms with van der Waals surface area (Å²) in [5, 5.41) is 6.84. The zero-order chi connectivity index (χ0) is 24.2. The lowest BCUT2D eigenvalue weighted by Gasteiger charge is -2.09. The highest BCUT2D eigenvalue weighted by atomic mass is 15.4. The van der Waals surface area contributed by atoms with E-state index in [4.69, 9.17) is 20.0 Å². The van der Waals surface area contributed by atoms with Crippen LogP contribution in [0.15, 0.2) is 95.4 Å². The average Bonchev–Trinajstić information content (AvgIpc) is 3.67. The van der Waals surface area contributed by atoms with Crippen molar-refractivity contribution in [2.45, 2.75) is 0 Å². The quantitative estimate of drug-likeness (QED) is 0.463. The van der Waals surface area contributed by atoms with Gasteiger partial charge in [-0.1, -0.05) is 36.4 Å². The molecule has 7 rings (SSSR count). The zero-order valence-electron chi connectivity index (χ0n) is 19.7. The number of nitrogens with one attached hydrogen (secondary N) is 2. The molecular formula is C26H22N10. The van der Waals surface area contributed by atoms with E-state index in [-0.39, 0.29) is 0 Å². The smallest absolute Gasteiger partial charge is 0.209 e. The van der Waals surface area contributed by atoms with Crippen LogP contribution in [0.2, 0.25) is 0 Å². The summed E-state index contributed by atoms with van der Waals surface area (Å²) < 4.78 is 4.05. The summed E-state index contributed by atoms with van der Waals surface area (Å²) in [6.07, 6.45) is 7.83. The summed E-state index contributed by atoms with van der Waals surface area (Å²) in [7, 11) is 3.90. The summed E-state index contributed by atoms with van der Waals surface area (Å²) >= 11 is 0. The monoisotopic (exact) mass is 474 g/mol. The van der Waals surface area contributed by atoms with Crippen LogP contribution in [0.1, 0.15) is 11.6 Å². The van der Waals surface area contributed by atoms with E-state index in [2.05, 4.69) is 10.6 Å². The number of imidazole rings is 2. The van der Waals surface area contributed by atoms with Gasteiger partial charge < -0.3 is 20.4 Å². The molecule has 0 fully saturated rings. The van der Waals surface area contributed by atoms with Gasteiger partial charge in [-0.15, -0.1) is 0 Å². The molecule has 10 heteroatoms. The Bertz CT molecular complexity index is 1480. The Labute approximate surface area is 207 Å². The topological polar surface area (TPSA) is 90.9 Å². The first-order valence-corrected chi connectivity index (χ1v) is 11.5. The first kappa shape index (κ1) is 20.3. The van der Waals surface area contributed by atoms with Crippen LogP contribution in [0, 0.1) is 0 Å². The number of fused-ring (bicyclic) bond motifs is 10. The lowest BCUT2D eigenvalue weighted by atomic mass is 10.3. The Balaban J connectivity index is 1.42. The van der Waals surface area contributed by atoms with E-state index in [9.17, 15) is 0 Å². The second-order valence-electron chi connectivity index (χ2n) is 8.68. The van der Waals surface area contributed by atoms with Gasteiger partial charge in [0, 0.05) is 37.9 Å². The maximum Gasteiger partial charge on any atom is 0.209 e. The molecule has 0 amide bonds. The van der Waals surface area contributed by atoms with Crippen molar-refractivity contribution in [3.05, 3.63) is 97.1 Å². The van der Waals surface area contributed by atoms with Crippen molar-refractivity contribution in [2.75, 3.05) is 14.1 Å². The predicted molar refractivity (Wildman–Crippen MR) is 139 cm³/mol. The maximum atomic E-state index is 4.87. The number of hydrogen-bond acceptors (Lipinski definition) is 8. The molecule has 0 spiro atoms. The second kappa shape index (κ2) is 7.70. The molecule has 0 aliphatic carbocycles. The fourth-order valence-corrected chi connectivity index (χ4v) is 4.44. The van der Waals surface area contributed by atoms with Gasteiger partial charge in [0.2, 0.25) is 11.9 Å². The normalized spacial score (nSPS) is 15.9. The molecule has 0 atom stereocenters. The van der Waals surface area contributed by atoms with Crippen molar-refractivity contribution < 1.29 is 0 Å². The lowest BCUT2D eigenvalue weighted by Crippen LogP contribution is -2.27. The van der Waals surface area contributed by atoms with Gasteiger partial charge in [0.15, 0.2) is 23.3 Å². The molecule has 36 heavy (non-hydrogen) atoms. The Morgan fingerprint density at radius 2 is 1.00 bits per heavy atom. The van der Waals surface area contributed by atoms with Crippen molar-refractivity contribution in [3.8, 4) is 11.4 Å². The van der Waals surface area contributed by atoms with E-state index >= 15 is 0 Å². The van der Waals surface area contributed by atoms with Gasteiger partial charge in [0.25, 0.3) is 0 Å². The first-order valence-electron chi connectivity index (χ1n) is 11.5. The molecule has 0 saturated heterocycles. The highest BCUT2D eigenvalue weighted by Gasteiger charge is 2.27. The number of hydrogen-bond donors (Lipinski definition) is 2. The van der Waals surface area contributed by atoms with Crippen LogP contribution < -0.4 is 10.6 Å². The van der Waals surface area contributed by atoms with Gasteiger partial charge in [-0.3, -0.25) is 9.13 Å². The minimum atomic E-state index is 0.581. The molecular weight excluding hydrogens is 452 g/mol. The molecule has 5 heterocycles. The van der Waals surface area contributed by atoms with Crippen LogP contribution in [-0.2, 0) is 0 Å². The summed E-state index contributed by atoms with van der Waals surface area (Å²) in [6, 6.07) is 20.2. The van der Waals surface area contributed by atoms with E-state index < -0.39 is 0 Å². The third-order valence-corrected chi connectivity index (χ3v) is 6.18. The van der Waals surface area contributed by atoms with E-state index in [1.165, 1.54) is 0 Å². The maximum absolute atomic E-state index is 4.87. The third-order valence-electron chi connectivity index (χ3n) is 6.18. The predicted octanol–water partition coefficient (Wildman–Crippen LogP) is 3.41. The van der Waals surface area contributed by atoms with E-state index in [0.717, 1.165) is 34.4 Å². The molecule has 4 aromatic rings. The Morgan fingerprint density at radius 1 is 0.583 bits per heavy atom. The van der Waals surface area contributed by atoms with Crippen LogP contribution in [0.25, 0.3) is 22.8 Å². The number of nitrogens with zero attached hydrogens (tertiary/aromatic N) is 8. The lowest BCUT2D eigenvalue weighted by molar-refractivity contribution is 0.693. The number of benzene rings is 2. The highest BCUT2D eigenvalue weighted by Crippen LogP contribution is 2.29. The average molecular weight is 475 g/mol. The number of para-hydroxylation sites is 2. The Hall–Kier alpha value is -5.12. The molecule has 2 N–H and O–H groups in total. The Morgan fingerprint density at radius 3 is 1.42 bits per heavy atom. The van der Waals surface area contributed by atoms with Crippen molar-refractivity contribution in [2.24, 2.45) is 9.98 Å². The molecule has 3 aliphatic rings. The number of aromatic nitrogens is 4. The number of rotatable bonds is 2. The van der Waals surface area contributed by atoms with Crippen molar-refractivity contribution in [1.82, 2.24) is 39.5 Å². The van der Waals surface area contributed by atoms with Gasteiger partial charge in [-0.2, -0.15) is 9.98 Å². The molecule has 0 unspecified atom stereocenters. The summed E-state index contributed by atoms with van der Waals surface area (Å²) in [6.45, 7) is 0.